The topological polar surface area (TPSA) is 82.3 Å². The summed E-state index contributed by atoms with van der Waals surface area (Å²) in [6, 6.07) is -0.100. The molecule has 3 N–H and O–H groups in total. The molecule has 6 nitrogen and oxygen atoms in total. The predicted molar refractivity (Wildman–Crippen MR) is 66.9 cm³/mol. The lowest BCUT2D eigenvalue weighted by molar-refractivity contribution is 0.00460. The smallest absolute Gasteiger partial charge is 0.237 e. The van der Waals surface area contributed by atoms with Crippen molar-refractivity contribution in [3.05, 3.63) is 18.1 Å². The van der Waals surface area contributed by atoms with Crippen LogP contribution in [0.3, 0.4) is 0 Å². The Labute approximate surface area is 107 Å². The minimum Gasteiger partial charge on any atom is -0.480 e. The minimum absolute atomic E-state index is 0.100. The van der Waals surface area contributed by atoms with E-state index in [1.807, 2.05) is 0 Å². The van der Waals surface area contributed by atoms with Gasteiger partial charge in [-0.2, -0.15) is 0 Å². The van der Waals surface area contributed by atoms with Gasteiger partial charge >= 0.3 is 0 Å². The Balaban J connectivity index is 2.07. The summed E-state index contributed by atoms with van der Waals surface area (Å²) >= 11 is 0. The fourth-order valence-electron chi connectivity index (χ4n) is 2.25. The summed E-state index contributed by atoms with van der Waals surface area (Å²) in [5, 5.41) is 0. The Morgan fingerprint density at radius 3 is 3.00 bits per heavy atom. The molecule has 1 aliphatic rings. The van der Waals surface area contributed by atoms with Gasteiger partial charge in [0.1, 0.15) is 5.69 Å². The fraction of sp³-hybridized carbons (Fsp3) is 0.667. The zero-order chi connectivity index (χ0) is 12.8. The van der Waals surface area contributed by atoms with Crippen molar-refractivity contribution in [1.29, 1.82) is 0 Å². The number of hydrazine groups is 1. The maximum Gasteiger partial charge on any atom is 0.237 e. The molecule has 0 bridgehead atoms. The van der Waals surface area contributed by atoms with Gasteiger partial charge < -0.3 is 9.47 Å². The SMILES string of the molecule is COc1nccnc1C(CC1CCCCO1)NN. The van der Waals surface area contributed by atoms with Gasteiger partial charge in [-0.3, -0.25) is 16.3 Å². The molecule has 0 aliphatic carbocycles. The highest BCUT2D eigenvalue weighted by Crippen LogP contribution is 2.27. The van der Waals surface area contributed by atoms with E-state index < -0.39 is 0 Å². The van der Waals surface area contributed by atoms with Crippen molar-refractivity contribution >= 4 is 0 Å². The highest BCUT2D eigenvalue weighted by atomic mass is 16.5. The van der Waals surface area contributed by atoms with Crippen molar-refractivity contribution in [2.75, 3.05) is 13.7 Å². The van der Waals surface area contributed by atoms with Crippen molar-refractivity contribution < 1.29 is 9.47 Å². The molecule has 2 rings (SSSR count). The Hall–Kier alpha value is -1.24. The Morgan fingerprint density at radius 1 is 1.50 bits per heavy atom. The van der Waals surface area contributed by atoms with E-state index in [1.54, 1.807) is 19.5 Å². The van der Waals surface area contributed by atoms with E-state index >= 15 is 0 Å². The molecule has 1 fully saturated rings. The molecular formula is C12H20N4O2. The average molecular weight is 252 g/mol. The molecule has 0 spiro atoms. The third kappa shape index (κ3) is 3.16. The average Bonchev–Trinajstić information content (AvgIpc) is 2.46. The van der Waals surface area contributed by atoms with Crippen molar-refractivity contribution in [2.24, 2.45) is 5.84 Å². The van der Waals surface area contributed by atoms with Gasteiger partial charge in [-0.15, -0.1) is 0 Å². The van der Waals surface area contributed by atoms with E-state index in [0.29, 0.717) is 5.88 Å². The van der Waals surface area contributed by atoms with Crippen LogP contribution in [-0.4, -0.2) is 29.8 Å². The van der Waals surface area contributed by atoms with Crippen LogP contribution in [0, 0.1) is 0 Å². The lowest BCUT2D eigenvalue weighted by Gasteiger charge is -2.26. The maximum atomic E-state index is 5.72. The van der Waals surface area contributed by atoms with E-state index in [4.69, 9.17) is 15.3 Å². The van der Waals surface area contributed by atoms with Crippen LogP contribution in [-0.2, 0) is 4.74 Å². The number of aromatic nitrogens is 2. The van der Waals surface area contributed by atoms with Gasteiger partial charge in [-0.25, -0.2) is 4.98 Å². The number of hydrogen-bond donors (Lipinski definition) is 2. The molecule has 1 saturated heterocycles. The standard InChI is InChI=1S/C12H20N4O2/c1-17-12-11(14-5-6-15-12)10(16-13)8-9-4-2-3-7-18-9/h5-6,9-10,16H,2-4,7-8,13H2,1H3. The zero-order valence-corrected chi connectivity index (χ0v) is 10.6. The van der Waals surface area contributed by atoms with E-state index in [2.05, 4.69) is 15.4 Å². The van der Waals surface area contributed by atoms with Gasteiger partial charge in [0.05, 0.1) is 19.3 Å². The largest absolute Gasteiger partial charge is 0.480 e. The highest BCUT2D eigenvalue weighted by Gasteiger charge is 2.23. The lowest BCUT2D eigenvalue weighted by Crippen LogP contribution is -2.33. The highest BCUT2D eigenvalue weighted by molar-refractivity contribution is 5.21. The molecule has 6 heteroatoms. The number of rotatable bonds is 5. The molecule has 2 atom stereocenters. The Morgan fingerprint density at radius 2 is 2.33 bits per heavy atom. The Kier molecular flexibility index (Phi) is 4.86. The Bertz CT molecular complexity index is 369. The predicted octanol–water partition coefficient (Wildman–Crippen LogP) is 0.949. The van der Waals surface area contributed by atoms with Crippen LogP contribution in [0.5, 0.6) is 5.88 Å². The number of ether oxygens (including phenoxy) is 2. The van der Waals surface area contributed by atoms with E-state index in [1.165, 1.54) is 6.42 Å². The van der Waals surface area contributed by atoms with Gasteiger partial charge in [-0.1, -0.05) is 0 Å². The van der Waals surface area contributed by atoms with Crippen molar-refractivity contribution in [3.8, 4) is 5.88 Å². The van der Waals surface area contributed by atoms with Crippen molar-refractivity contribution in [2.45, 2.75) is 37.8 Å². The molecule has 18 heavy (non-hydrogen) atoms. The molecule has 0 aromatic carbocycles. The van der Waals surface area contributed by atoms with Crippen molar-refractivity contribution in [1.82, 2.24) is 15.4 Å². The third-order valence-corrected chi connectivity index (χ3v) is 3.19. The first-order valence-corrected chi connectivity index (χ1v) is 6.27. The second-order valence-electron chi connectivity index (χ2n) is 4.39. The third-order valence-electron chi connectivity index (χ3n) is 3.19. The molecule has 0 amide bonds. The summed E-state index contributed by atoms with van der Waals surface area (Å²) in [4.78, 5) is 8.44. The van der Waals surface area contributed by atoms with E-state index in [-0.39, 0.29) is 12.1 Å². The zero-order valence-electron chi connectivity index (χ0n) is 10.6. The quantitative estimate of drug-likeness (QED) is 0.599. The molecule has 1 aliphatic heterocycles. The second-order valence-corrected chi connectivity index (χ2v) is 4.39. The number of nitrogens with two attached hydrogens (primary N) is 1. The molecule has 1 aromatic heterocycles. The molecule has 1 aromatic rings. The maximum absolute atomic E-state index is 5.72. The summed E-state index contributed by atoms with van der Waals surface area (Å²) in [6.45, 7) is 0.833. The van der Waals surface area contributed by atoms with Crippen LogP contribution in [0.4, 0.5) is 0 Å². The summed E-state index contributed by atoms with van der Waals surface area (Å²) in [5.41, 5.74) is 3.51. The van der Waals surface area contributed by atoms with Crippen LogP contribution < -0.4 is 16.0 Å². The number of methoxy groups -OCH3 is 1. The first-order valence-electron chi connectivity index (χ1n) is 6.27. The van der Waals surface area contributed by atoms with Crippen molar-refractivity contribution in [3.63, 3.8) is 0 Å². The van der Waals surface area contributed by atoms with Gasteiger partial charge in [-0.05, 0) is 25.7 Å². The number of hydrogen-bond acceptors (Lipinski definition) is 6. The van der Waals surface area contributed by atoms with Gasteiger partial charge in [0, 0.05) is 19.0 Å². The molecular weight excluding hydrogens is 232 g/mol. The lowest BCUT2D eigenvalue weighted by atomic mass is 10.0. The number of nitrogens with one attached hydrogen (secondary N) is 1. The first-order chi connectivity index (χ1) is 8.85. The van der Waals surface area contributed by atoms with Crippen LogP contribution >= 0.6 is 0 Å². The monoisotopic (exact) mass is 252 g/mol. The summed E-state index contributed by atoms with van der Waals surface area (Å²) in [5.74, 6) is 6.13. The molecule has 2 unspecified atom stereocenters. The van der Waals surface area contributed by atoms with Crippen LogP contribution in [0.15, 0.2) is 12.4 Å². The van der Waals surface area contributed by atoms with Crippen LogP contribution in [0.1, 0.15) is 37.4 Å². The molecule has 2 heterocycles. The summed E-state index contributed by atoms with van der Waals surface area (Å²) < 4.78 is 10.9. The van der Waals surface area contributed by atoms with E-state index in [9.17, 15) is 0 Å². The number of nitrogens with zero attached hydrogens (tertiary/aromatic N) is 2. The van der Waals surface area contributed by atoms with Gasteiger partial charge in [0.25, 0.3) is 0 Å². The second kappa shape index (κ2) is 6.63. The van der Waals surface area contributed by atoms with Gasteiger partial charge in [0.15, 0.2) is 0 Å². The minimum atomic E-state index is -0.100. The van der Waals surface area contributed by atoms with Gasteiger partial charge in [0.2, 0.25) is 5.88 Å². The first kappa shape index (κ1) is 13.2. The normalized spacial score (nSPS) is 21.6. The summed E-state index contributed by atoms with van der Waals surface area (Å²) in [7, 11) is 1.58. The summed E-state index contributed by atoms with van der Waals surface area (Å²) in [6.07, 6.45) is 7.68. The van der Waals surface area contributed by atoms with Crippen LogP contribution in [0.25, 0.3) is 0 Å². The molecule has 0 radical (unpaired) electrons. The fourth-order valence-corrected chi connectivity index (χ4v) is 2.25. The molecule has 100 valence electrons. The van der Waals surface area contributed by atoms with Crippen LogP contribution in [0.2, 0.25) is 0 Å². The van der Waals surface area contributed by atoms with E-state index in [0.717, 1.165) is 31.6 Å². The molecule has 0 saturated carbocycles.